The van der Waals surface area contributed by atoms with Crippen molar-refractivity contribution in [1.29, 1.82) is 0 Å². The van der Waals surface area contributed by atoms with Crippen molar-refractivity contribution in [2.45, 2.75) is 20.4 Å². The van der Waals surface area contributed by atoms with Gasteiger partial charge in [0.2, 0.25) is 6.79 Å². The van der Waals surface area contributed by atoms with Crippen LogP contribution in [0.4, 0.5) is 5.82 Å². The van der Waals surface area contributed by atoms with Crippen LogP contribution in [0, 0.1) is 13.8 Å². The maximum atomic E-state index is 5.46. The lowest BCUT2D eigenvalue weighted by Crippen LogP contribution is -2.04. The molecule has 0 aliphatic carbocycles. The van der Waals surface area contributed by atoms with Crippen LogP contribution in [0.5, 0.6) is 11.5 Å². The highest BCUT2D eigenvalue weighted by Crippen LogP contribution is 2.35. The van der Waals surface area contributed by atoms with E-state index in [0.29, 0.717) is 6.54 Å². The second-order valence-electron chi connectivity index (χ2n) is 4.50. The number of anilines is 1. The van der Waals surface area contributed by atoms with Crippen molar-refractivity contribution in [3.63, 3.8) is 0 Å². The maximum absolute atomic E-state index is 5.46. The molecule has 19 heavy (non-hydrogen) atoms. The normalized spacial score (nSPS) is 12.5. The first-order valence-electron chi connectivity index (χ1n) is 6.16. The molecule has 5 heteroatoms. The van der Waals surface area contributed by atoms with Gasteiger partial charge in [-0.15, -0.1) is 5.10 Å². The van der Waals surface area contributed by atoms with Crippen LogP contribution < -0.4 is 14.8 Å². The lowest BCUT2D eigenvalue weighted by atomic mass is 10.2. The number of rotatable bonds is 3. The molecule has 1 aliphatic rings. The Kier molecular flexibility index (Phi) is 2.95. The molecular formula is C14H15N3O2. The van der Waals surface area contributed by atoms with Gasteiger partial charge in [-0.05, 0) is 31.5 Å². The molecule has 1 aliphatic heterocycles. The molecular weight excluding hydrogens is 242 g/mol. The molecule has 0 atom stereocenters. The standard InChI is InChI=1S/C14H15N3O2/c1-9-6-13(17-16-10(9)2)15-7-11-4-3-5-12-14(11)19-8-18-12/h3-6H,7-8H2,1-2H3,(H,15,17). The summed E-state index contributed by atoms with van der Waals surface area (Å²) in [6.45, 7) is 4.88. The van der Waals surface area contributed by atoms with E-state index in [4.69, 9.17) is 9.47 Å². The highest BCUT2D eigenvalue weighted by molar-refractivity contribution is 5.49. The zero-order valence-electron chi connectivity index (χ0n) is 10.9. The molecule has 0 bridgehead atoms. The van der Waals surface area contributed by atoms with E-state index in [1.54, 1.807) is 0 Å². The number of benzene rings is 1. The summed E-state index contributed by atoms with van der Waals surface area (Å²) in [7, 11) is 0. The number of ether oxygens (including phenoxy) is 2. The van der Waals surface area contributed by atoms with Crippen LogP contribution >= 0.6 is 0 Å². The van der Waals surface area contributed by atoms with Crippen LogP contribution in [0.2, 0.25) is 0 Å². The van der Waals surface area contributed by atoms with Gasteiger partial charge in [-0.3, -0.25) is 0 Å². The molecule has 0 saturated heterocycles. The van der Waals surface area contributed by atoms with Crippen LogP contribution in [-0.2, 0) is 6.54 Å². The molecule has 0 spiro atoms. The first-order valence-corrected chi connectivity index (χ1v) is 6.16. The first kappa shape index (κ1) is 11.8. The average molecular weight is 257 g/mol. The minimum absolute atomic E-state index is 0.287. The van der Waals surface area contributed by atoms with Gasteiger partial charge < -0.3 is 14.8 Å². The zero-order chi connectivity index (χ0) is 13.2. The first-order chi connectivity index (χ1) is 9.24. The fraction of sp³-hybridized carbons (Fsp3) is 0.286. The Balaban J connectivity index is 1.76. The van der Waals surface area contributed by atoms with Crippen LogP contribution in [0.1, 0.15) is 16.8 Å². The second kappa shape index (κ2) is 4.76. The molecule has 5 nitrogen and oxygen atoms in total. The highest BCUT2D eigenvalue weighted by Gasteiger charge is 2.16. The van der Waals surface area contributed by atoms with E-state index in [1.807, 2.05) is 38.1 Å². The Bertz CT molecular complexity index is 614. The predicted molar refractivity (Wildman–Crippen MR) is 71.4 cm³/mol. The Labute approximate surface area is 111 Å². The van der Waals surface area contributed by atoms with Crippen molar-refractivity contribution < 1.29 is 9.47 Å². The molecule has 0 unspecified atom stereocenters. The summed E-state index contributed by atoms with van der Waals surface area (Å²) in [6, 6.07) is 7.86. The van der Waals surface area contributed by atoms with Gasteiger partial charge in [0, 0.05) is 12.1 Å². The lowest BCUT2D eigenvalue weighted by Gasteiger charge is -2.08. The summed E-state index contributed by atoms with van der Waals surface area (Å²) in [6.07, 6.45) is 0. The number of hydrogen-bond acceptors (Lipinski definition) is 5. The number of aromatic nitrogens is 2. The van der Waals surface area contributed by atoms with Crippen LogP contribution in [0.3, 0.4) is 0 Å². The smallest absolute Gasteiger partial charge is 0.231 e. The molecule has 0 fully saturated rings. The molecule has 2 heterocycles. The van der Waals surface area contributed by atoms with E-state index in [2.05, 4.69) is 15.5 Å². The Morgan fingerprint density at radius 1 is 1.21 bits per heavy atom. The van der Waals surface area contributed by atoms with Crippen molar-refractivity contribution >= 4 is 5.82 Å². The topological polar surface area (TPSA) is 56.3 Å². The second-order valence-corrected chi connectivity index (χ2v) is 4.50. The molecule has 1 aromatic heterocycles. The van der Waals surface area contributed by atoms with Crippen molar-refractivity contribution in [3.05, 3.63) is 41.1 Å². The monoisotopic (exact) mass is 257 g/mol. The lowest BCUT2D eigenvalue weighted by molar-refractivity contribution is 0.173. The highest BCUT2D eigenvalue weighted by atomic mass is 16.7. The Morgan fingerprint density at radius 2 is 2.11 bits per heavy atom. The number of nitrogens with zero attached hydrogens (tertiary/aromatic N) is 2. The van der Waals surface area contributed by atoms with E-state index in [-0.39, 0.29) is 6.79 Å². The Hall–Kier alpha value is -2.30. The van der Waals surface area contributed by atoms with Gasteiger partial charge >= 0.3 is 0 Å². The van der Waals surface area contributed by atoms with Gasteiger partial charge in [0.25, 0.3) is 0 Å². The van der Waals surface area contributed by atoms with Gasteiger partial charge in [-0.2, -0.15) is 5.10 Å². The van der Waals surface area contributed by atoms with Crippen LogP contribution in [0.25, 0.3) is 0 Å². The van der Waals surface area contributed by atoms with E-state index in [1.165, 1.54) is 0 Å². The third-order valence-electron chi connectivity index (χ3n) is 3.17. The van der Waals surface area contributed by atoms with Crippen LogP contribution in [-0.4, -0.2) is 17.0 Å². The third kappa shape index (κ3) is 2.31. The molecule has 1 aromatic carbocycles. The molecule has 0 saturated carbocycles. The largest absolute Gasteiger partial charge is 0.454 e. The summed E-state index contributed by atoms with van der Waals surface area (Å²) in [4.78, 5) is 0. The van der Waals surface area contributed by atoms with Crippen molar-refractivity contribution in [1.82, 2.24) is 10.2 Å². The summed E-state index contributed by atoms with van der Waals surface area (Å²) >= 11 is 0. The Morgan fingerprint density at radius 3 is 2.95 bits per heavy atom. The number of nitrogens with one attached hydrogen (secondary N) is 1. The van der Waals surface area contributed by atoms with E-state index in [9.17, 15) is 0 Å². The van der Waals surface area contributed by atoms with Crippen molar-refractivity contribution in [2.24, 2.45) is 0 Å². The van der Waals surface area contributed by atoms with Gasteiger partial charge in [0.05, 0.1) is 5.69 Å². The number of hydrogen-bond donors (Lipinski definition) is 1. The molecule has 1 N–H and O–H groups in total. The molecule has 98 valence electrons. The minimum Gasteiger partial charge on any atom is -0.454 e. The zero-order valence-corrected chi connectivity index (χ0v) is 10.9. The minimum atomic E-state index is 0.287. The predicted octanol–water partition coefficient (Wildman–Crippen LogP) is 2.43. The van der Waals surface area contributed by atoms with E-state index >= 15 is 0 Å². The number of fused-ring (bicyclic) bond motifs is 1. The van der Waals surface area contributed by atoms with E-state index in [0.717, 1.165) is 34.1 Å². The summed E-state index contributed by atoms with van der Waals surface area (Å²) in [5, 5.41) is 11.5. The van der Waals surface area contributed by atoms with Gasteiger partial charge in [0.15, 0.2) is 11.5 Å². The van der Waals surface area contributed by atoms with Crippen molar-refractivity contribution in [3.8, 4) is 11.5 Å². The average Bonchev–Trinajstić information content (AvgIpc) is 2.89. The fourth-order valence-electron chi connectivity index (χ4n) is 1.95. The SMILES string of the molecule is Cc1cc(NCc2cccc3c2OCO3)nnc1C. The van der Waals surface area contributed by atoms with Gasteiger partial charge in [-0.1, -0.05) is 12.1 Å². The number of para-hydroxylation sites is 1. The van der Waals surface area contributed by atoms with Crippen LogP contribution in [0.15, 0.2) is 24.3 Å². The third-order valence-corrected chi connectivity index (χ3v) is 3.17. The summed E-state index contributed by atoms with van der Waals surface area (Å²) in [5.74, 6) is 2.37. The summed E-state index contributed by atoms with van der Waals surface area (Å²) in [5.41, 5.74) is 3.12. The summed E-state index contributed by atoms with van der Waals surface area (Å²) < 4.78 is 10.8. The fourth-order valence-corrected chi connectivity index (χ4v) is 1.95. The molecule has 3 rings (SSSR count). The van der Waals surface area contributed by atoms with Gasteiger partial charge in [0.1, 0.15) is 5.82 Å². The molecule has 2 aromatic rings. The van der Waals surface area contributed by atoms with E-state index < -0.39 is 0 Å². The van der Waals surface area contributed by atoms with Gasteiger partial charge in [-0.25, -0.2) is 0 Å². The number of aryl methyl sites for hydroxylation is 2. The molecule has 0 amide bonds. The van der Waals surface area contributed by atoms with Crippen molar-refractivity contribution in [2.75, 3.05) is 12.1 Å². The maximum Gasteiger partial charge on any atom is 0.231 e. The molecule has 0 radical (unpaired) electrons. The quantitative estimate of drug-likeness (QED) is 0.915.